The first-order valence-electron chi connectivity index (χ1n) is 10.4. The number of guanidine groups is 1. The van der Waals surface area contributed by atoms with Crippen LogP contribution in [-0.4, -0.2) is 44.2 Å². The molecule has 2 aromatic rings. The van der Waals surface area contributed by atoms with E-state index in [1.807, 2.05) is 39.0 Å². The normalized spacial score (nSPS) is 12.1. The lowest BCUT2D eigenvalue weighted by Crippen LogP contribution is -2.41. The van der Waals surface area contributed by atoms with E-state index in [1.165, 1.54) is 12.1 Å². The maximum atomic E-state index is 13.3. The van der Waals surface area contributed by atoms with Gasteiger partial charge in [-0.25, -0.2) is 9.38 Å². The van der Waals surface area contributed by atoms with Gasteiger partial charge in [0.05, 0.1) is 13.1 Å². The number of nitrogens with zero attached hydrogens (tertiary/aromatic N) is 1. The summed E-state index contributed by atoms with van der Waals surface area (Å²) in [5, 5.41) is 9.11. The fourth-order valence-electron chi connectivity index (χ4n) is 2.70. The molecule has 0 saturated heterocycles. The van der Waals surface area contributed by atoms with Crippen molar-refractivity contribution in [2.24, 2.45) is 4.99 Å². The predicted octanol–water partition coefficient (Wildman–Crippen LogP) is 2.86. The van der Waals surface area contributed by atoms with E-state index in [0.717, 1.165) is 5.56 Å². The summed E-state index contributed by atoms with van der Waals surface area (Å²) in [4.78, 5) is 16.1. The maximum absolute atomic E-state index is 13.3. The fourth-order valence-corrected chi connectivity index (χ4v) is 2.70. The van der Waals surface area contributed by atoms with Crippen molar-refractivity contribution in [3.63, 3.8) is 0 Å². The Morgan fingerprint density at radius 3 is 2.52 bits per heavy atom. The molecule has 168 valence electrons. The summed E-state index contributed by atoms with van der Waals surface area (Å²) in [6, 6.07) is 13.6. The summed E-state index contributed by atoms with van der Waals surface area (Å²) in [6.45, 7) is 7.94. The number of aliphatic imine (C=N–C) groups is 1. The second-order valence-corrected chi connectivity index (χ2v) is 6.85. The molecule has 2 rings (SSSR count). The van der Waals surface area contributed by atoms with Gasteiger partial charge in [0, 0.05) is 19.2 Å². The zero-order chi connectivity index (χ0) is 22.5. The van der Waals surface area contributed by atoms with E-state index in [-0.39, 0.29) is 24.4 Å². The van der Waals surface area contributed by atoms with Crippen molar-refractivity contribution in [3.8, 4) is 11.5 Å². The first-order chi connectivity index (χ1) is 15.0. The van der Waals surface area contributed by atoms with Crippen LogP contribution >= 0.6 is 0 Å². The standard InChI is InChI=1S/C23H31FN4O3/c1-4-25-22(29)16-30-20-10-6-8-18(12-20)15-28-23(26-5-2)27-14-17(3)31-21-11-7-9-19(24)13-21/h6-13,17H,4-5,14-16H2,1-3H3,(H,25,29)(H2,26,27,28). The van der Waals surface area contributed by atoms with Crippen LogP contribution in [0.1, 0.15) is 26.3 Å². The van der Waals surface area contributed by atoms with Gasteiger partial charge < -0.3 is 25.4 Å². The van der Waals surface area contributed by atoms with Crippen LogP contribution in [0, 0.1) is 5.82 Å². The molecule has 1 unspecified atom stereocenters. The van der Waals surface area contributed by atoms with E-state index in [4.69, 9.17) is 9.47 Å². The Bertz CT molecular complexity index is 860. The van der Waals surface area contributed by atoms with E-state index >= 15 is 0 Å². The molecule has 0 saturated carbocycles. The highest BCUT2D eigenvalue weighted by Gasteiger charge is 2.07. The number of rotatable bonds is 11. The number of benzene rings is 2. The van der Waals surface area contributed by atoms with Gasteiger partial charge in [0.1, 0.15) is 23.4 Å². The minimum atomic E-state index is -0.329. The number of ether oxygens (including phenoxy) is 2. The molecule has 0 bridgehead atoms. The average Bonchev–Trinajstić information content (AvgIpc) is 2.75. The van der Waals surface area contributed by atoms with Crippen molar-refractivity contribution >= 4 is 11.9 Å². The minimum absolute atomic E-state index is 0.0199. The Labute approximate surface area is 183 Å². The first kappa shape index (κ1) is 24.0. The van der Waals surface area contributed by atoms with Crippen LogP contribution in [0.15, 0.2) is 53.5 Å². The summed E-state index contributed by atoms with van der Waals surface area (Å²) in [6.07, 6.45) is -0.184. The number of amides is 1. The van der Waals surface area contributed by atoms with E-state index in [9.17, 15) is 9.18 Å². The fraction of sp³-hybridized carbons (Fsp3) is 0.391. The molecule has 8 heteroatoms. The van der Waals surface area contributed by atoms with Crippen LogP contribution in [0.25, 0.3) is 0 Å². The largest absolute Gasteiger partial charge is 0.489 e. The van der Waals surface area contributed by atoms with Gasteiger partial charge in [0.2, 0.25) is 0 Å². The SMILES string of the molecule is CCNC(=O)COc1cccc(CN=C(NCC)NCC(C)Oc2cccc(F)c2)c1. The number of halogens is 1. The molecule has 2 aromatic carbocycles. The number of hydrogen-bond donors (Lipinski definition) is 3. The monoisotopic (exact) mass is 430 g/mol. The van der Waals surface area contributed by atoms with Crippen LogP contribution in [0.2, 0.25) is 0 Å². The number of nitrogens with one attached hydrogen (secondary N) is 3. The van der Waals surface area contributed by atoms with E-state index in [1.54, 1.807) is 18.2 Å². The lowest BCUT2D eigenvalue weighted by atomic mass is 10.2. The summed E-state index contributed by atoms with van der Waals surface area (Å²) < 4.78 is 24.5. The molecular weight excluding hydrogens is 399 g/mol. The van der Waals surface area contributed by atoms with E-state index in [0.29, 0.717) is 43.6 Å². The van der Waals surface area contributed by atoms with Crippen molar-refractivity contribution in [1.29, 1.82) is 0 Å². The highest BCUT2D eigenvalue weighted by molar-refractivity contribution is 5.79. The molecule has 0 radical (unpaired) electrons. The number of carbonyl (C=O) groups is 1. The molecule has 7 nitrogen and oxygen atoms in total. The smallest absolute Gasteiger partial charge is 0.257 e. The molecule has 1 amide bonds. The molecule has 0 spiro atoms. The van der Waals surface area contributed by atoms with Gasteiger partial charge in [-0.2, -0.15) is 0 Å². The second kappa shape index (κ2) is 13.1. The second-order valence-electron chi connectivity index (χ2n) is 6.85. The zero-order valence-corrected chi connectivity index (χ0v) is 18.3. The Hall–Kier alpha value is -3.29. The zero-order valence-electron chi connectivity index (χ0n) is 18.3. The molecule has 0 heterocycles. The Morgan fingerprint density at radius 1 is 1.03 bits per heavy atom. The van der Waals surface area contributed by atoms with Gasteiger partial charge in [0.25, 0.3) is 5.91 Å². The van der Waals surface area contributed by atoms with Crippen LogP contribution in [0.4, 0.5) is 4.39 Å². The van der Waals surface area contributed by atoms with Gasteiger partial charge >= 0.3 is 0 Å². The third kappa shape index (κ3) is 9.37. The summed E-state index contributed by atoms with van der Waals surface area (Å²) in [5.41, 5.74) is 0.953. The topological polar surface area (TPSA) is 84.0 Å². The number of hydrogen-bond acceptors (Lipinski definition) is 4. The third-order valence-electron chi connectivity index (χ3n) is 4.10. The molecule has 0 aromatic heterocycles. The van der Waals surface area contributed by atoms with Crippen molar-refractivity contribution in [3.05, 3.63) is 59.9 Å². The van der Waals surface area contributed by atoms with Crippen molar-refractivity contribution < 1.29 is 18.7 Å². The van der Waals surface area contributed by atoms with Gasteiger partial charge in [0.15, 0.2) is 12.6 Å². The lowest BCUT2D eigenvalue weighted by Gasteiger charge is -2.17. The van der Waals surface area contributed by atoms with Gasteiger partial charge in [-0.3, -0.25) is 4.79 Å². The molecule has 3 N–H and O–H groups in total. The van der Waals surface area contributed by atoms with Crippen LogP contribution in [0.3, 0.4) is 0 Å². The molecule has 31 heavy (non-hydrogen) atoms. The Balaban J connectivity index is 1.88. The minimum Gasteiger partial charge on any atom is -0.489 e. The predicted molar refractivity (Wildman–Crippen MR) is 120 cm³/mol. The van der Waals surface area contributed by atoms with Crippen molar-refractivity contribution in [2.45, 2.75) is 33.4 Å². The summed E-state index contributed by atoms with van der Waals surface area (Å²) in [5.74, 6) is 1.27. The van der Waals surface area contributed by atoms with Crippen molar-refractivity contribution in [2.75, 3.05) is 26.2 Å². The summed E-state index contributed by atoms with van der Waals surface area (Å²) in [7, 11) is 0. The lowest BCUT2D eigenvalue weighted by molar-refractivity contribution is -0.122. The summed E-state index contributed by atoms with van der Waals surface area (Å²) >= 11 is 0. The average molecular weight is 431 g/mol. The van der Waals surface area contributed by atoms with Crippen LogP contribution < -0.4 is 25.4 Å². The Kier molecular flexibility index (Phi) is 10.1. The number of likely N-dealkylation sites (N-methyl/N-ethyl adjacent to an activating group) is 1. The quantitative estimate of drug-likeness (QED) is 0.377. The van der Waals surface area contributed by atoms with E-state index in [2.05, 4.69) is 20.9 Å². The highest BCUT2D eigenvalue weighted by Crippen LogP contribution is 2.15. The first-order valence-corrected chi connectivity index (χ1v) is 10.4. The molecule has 0 fully saturated rings. The van der Waals surface area contributed by atoms with Gasteiger partial charge in [-0.1, -0.05) is 18.2 Å². The molecule has 1 atom stereocenters. The molecule has 0 aliphatic rings. The Morgan fingerprint density at radius 2 is 1.77 bits per heavy atom. The number of carbonyl (C=O) groups excluding carboxylic acids is 1. The van der Waals surface area contributed by atoms with E-state index < -0.39 is 0 Å². The van der Waals surface area contributed by atoms with Crippen LogP contribution in [0.5, 0.6) is 11.5 Å². The molecular formula is C23H31FN4O3. The maximum Gasteiger partial charge on any atom is 0.257 e. The molecule has 0 aliphatic carbocycles. The molecule has 0 aliphatic heterocycles. The third-order valence-corrected chi connectivity index (χ3v) is 4.10. The van der Waals surface area contributed by atoms with Gasteiger partial charge in [-0.15, -0.1) is 0 Å². The van der Waals surface area contributed by atoms with Crippen LogP contribution in [-0.2, 0) is 11.3 Å². The van der Waals surface area contributed by atoms with Gasteiger partial charge in [-0.05, 0) is 50.6 Å². The highest BCUT2D eigenvalue weighted by atomic mass is 19.1. The van der Waals surface area contributed by atoms with Crippen molar-refractivity contribution in [1.82, 2.24) is 16.0 Å².